The highest BCUT2D eigenvalue weighted by molar-refractivity contribution is 7.18. The predicted molar refractivity (Wildman–Crippen MR) is 159 cm³/mol. The fourth-order valence-electron chi connectivity index (χ4n) is 4.77. The van der Waals surface area contributed by atoms with E-state index in [1.807, 2.05) is 49.4 Å². The largest absolute Gasteiger partial charge is 0.497 e. The van der Waals surface area contributed by atoms with Gasteiger partial charge >= 0.3 is 5.69 Å². The number of thiophene rings is 1. The summed E-state index contributed by atoms with van der Waals surface area (Å²) < 4.78 is 13.1. The van der Waals surface area contributed by atoms with Crippen LogP contribution in [0.3, 0.4) is 0 Å². The minimum atomic E-state index is -0.563. The molecule has 0 aliphatic heterocycles. The second-order valence-corrected chi connectivity index (χ2v) is 10.5. The van der Waals surface area contributed by atoms with E-state index in [2.05, 4.69) is 6.07 Å². The Morgan fingerprint density at radius 2 is 1.71 bits per heavy atom. The van der Waals surface area contributed by atoms with Crippen molar-refractivity contribution in [2.24, 2.45) is 0 Å². The van der Waals surface area contributed by atoms with Crippen LogP contribution in [0.2, 0.25) is 0 Å². The van der Waals surface area contributed by atoms with E-state index in [9.17, 15) is 19.6 Å². The number of hydrogen-bond acceptors (Lipinski definition) is 7. The van der Waals surface area contributed by atoms with Gasteiger partial charge < -0.3 is 9.47 Å². The third-order valence-corrected chi connectivity index (χ3v) is 8.26. The van der Waals surface area contributed by atoms with Crippen LogP contribution in [0.15, 0.2) is 82.4 Å². The van der Waals surface area contributed by atoms with Crippen LogP contribution in [-0.4, -0.2) is 29.1 Å². The number of Topliss-reactive ketones (excluding diaryl/α,β-unsaturated/α-hetero) is 1. The summed E-state index contributed by atoms with van der Waals surface area (Å²) in [4.78, 5) is 42.2. The third-order valence-electron chi connectivity index (χ3n) is 6.96. The molecule has 0 atom stereocenters. The normalized spacial score (nSPS) is 10.9. The molecule has 0 fully saturated rings. The number of methoxy groups -OCH3 is 2. The van der Waals surface area contributed by atoms with Gasteiger partial charge in [-0.2, -0.15) is 5.26 Å². The van der Waals surface area contributed by atoms with Gasteiger partial charge in [-0.15, -0.1) is 11.3 Å². The number of nitriles is 1. The highest BCUT2D eigenvalue weighted by Gasteiger charge is 2.21. The summed E-state index contributed by atoms with van der Waals surface area (Å²) in [7, 11) is 2.95. The van der Waals surface area contributed by atoms with E-state index in [1.54, 1.807) is 34.9 Å². The lowest BCUT2D eigenvalue weighted by molar-refractivity contribution is 0.0966. The molecule has 0 unspecified atom stereocenters. The third kappa shape index (κ3) is 5.30. The van der Waals surface area contributed by atoms with Crippen molar-refractivity contribution in [2.75, 3.05) is 14.2 Å². The molecule has 0 spiro atoms. The fraction of sp³-hybridized carbons (Fsp3) is 0.188. The number of nitrogens with zero attached hydrogens (tertiary/aromatic N) is 3. The van der Waals surface area contributed by atoms with Gasteiger partial charge in [-0.1, -0.05) is 49.4 Å². The predicted octanol–water partition coefficient (Wildman–Crippen LogP) is 5.27. The molecule has 2 heterocycles. The monoisotopic (exact) mass is 565 g/mol. The second kappa shape index (κ2) is 11.7. The Morgan fingerprint density at radius 3 is 2.39 bits per heavy atom. The highest BCUT2D eigenvalue weighted by Crippen LogP contribution is 2.27. The maximum absolute atomic E-state index is 13.8. The molecule has 0 radical (unpaired) electrons. The topological polar surface area (TPSA) is 103 Å². The number of aryl methyl sites for hydroxylation is 1. The molecule has 0 saturated carbocycles. The summed E-state index contributed by atoms with van der Waals surface area (Å²) in [5, 5.41) is 9.87. The molecule has 9 heteroatoms. The zero-order valence-electron chi connectivity index (χ0n) is 22.8. The summed E-state index contributed by atoms with van der Waals surface area (Å²) in [5.74, 6) is 0.388. The number of carbonyl (C=O) groups is 1. The van der Waals surface area contributed by atoms with Crippen molar-refractivity contribution in [2.45, 2.75) is 26.4 Å². The number of ether oxygens (including phenoxy) is 2. The van der Waals surface area contributed by atoms with E-state index in [-0.39, 0.29) is 12.1 Å². The first-order valence-electron chi connectivity index (χ1n) is 13.0. The van der Waals surface area contributed by atoms with Gasteiger partial charge in [0, 0.05) is 10.9 Å². The summed E-state index contributed by atoms with van der Waals surface area (Å²) in [6, 6.07) is 23.8. The number of ketones is 1. The SMILES string of the molecule is CCc1cc2c(=O)n(CC(=O)c3ccc(OC)cc3OC)c(=O)n(Cc3ccc(-c4ccccc4C#N)cc3)c2s1. The molecule has 5 rings (SSSR count). The van der Waals surface area contributed by atoms with E-state index < -0.39 is 23.6 Å². The number of benzene rings is 3. The van der Waals surface area contributed by atoms with E-state index in [0.717, 1.165) is 26.1 Å². The van der Waals surface area contributed by atoms with Gasteiger partial charge in [-0.25, -0.2) is 4.79 Å². The van der Waals surface area contributed by atoms with E-state index >= 15 is 0 Å². The van der Waals surface area contributed by atoms with Crippen LogP contribution in [-0.2, 0) is 19.5 Å². The zero-order valence-corrected chi connectivity index (χ0v) is 23.7. The van der Waals surface area contributed by atoms with E-state index in [4.69, 9.17) is 9.47 Å². The first-order valence-corrected chi connectivity index (χ1v) is 13.8. The summed E-state index contributed by atoms with van der Waals surface area (Å²) >= 11 is 1.41. The number of rotatable bonds is 9. The van der Waals surface area contributed by atoms with Crippen molar-refractivity contribution in [3.8, 4) is 28.7 Å². The molecular weight excluding hydrogens is 538 g/mol. The second-order valence-electron chi connectivity index (χ2n) is 9.39. The van der Waals surface area contributed by atoms with Crippen LogP contribution in [0.4, 0.5) is 0 Å². The Bertz CT molecular complexity index is 1930. The molecule has 0 saturated heterocycles. The number of hydrogen-bond donors (Lipinski definition) is 0. The molecule has 0 aliphatic rings. The van der Waals surface area contributed by atoms with Crippen LogP contribution < -0.4 is 20.7 Å². The van der Waals surface area contributed by atoms with Crippen molar-refractivity contribution in [1.82, 2.24) is 9.13 Å². The van der Waals surface area contributed by atoms with Crippen molar-refractivity contribution in [1.29, 1.82) is 5.26 Å². The molecule has 0 amide bonds. The number of fused-ring (bicyclic) bond motifs is 1. The average molecular weight is 566 g/mol. The van der Waals surface area contributed by atoms with Crippen LogP contribution in [0, 0.1) is 11.3 Å². The van der Waals surface area contributed by atoms with Gasteiger partial charge in [0.2, 0.25) is 0 Å². The van der Waals surface area contributed by atoms with Crippen molar-refractivity contribution >= 4 is 27.3 Å². The Morgan fingerprint density at radius 1 is 0.951 bits per heavy atom. The lowest BCUT2D eigenvalue weighted by Gasteiger charge is -2.14. The number of aromatic nitrogens is 2. The molecule has 0 bridgehead atoms. The average Bonchev–Trinajstić information content (AvgIpc) is 3.46. The van der Waals surface area contributed by atoms with Crippen LogP contribution in [0.25, 0.3) is 21.3 Å². The molecule has 41 heavy (non-hydrogen) atoms. The molecule has 2 aromatic heterocycles. The Balaban J connectivity index is 1.55. The van der Waals surface area contributed by atoms with Crippen molar-refractivity contribution in [3.63, 3.8) is 0 Å². The molecule has 0 N–H and O–H groups in total. The van der Waals surface area contributed by atoms with Crippen molar-refractivity contribution < 1.29 is 14.3 Å². The van der Waals surface area contributed by atoms with E-state index in [1.165, 1.54) is 25.6 Å². The standard InChI is InChI=1S/C32H27N3O5S/c1-4-24-16-27-30(37)34(19-28(36)26-14-13-23(39-2)15-29(26)40-3)32(38)35(31(27)41-24)18-20-9-11-21(12-10-20)25-8-6-5-7-22(25)17-33/h5-16H,4,18-19H2,1-3H3. The molecule has 8 nitrogen and oxygen atoms in total. The van der Waals surface area contributed by atoms with Gasteiger partial charge in [-0.05, 0) is 47.4 Å². The zero-order chi connectivity index (χ0) is 29.1. The molecular formula is C32H27N3O5S. The minimum absolute atomic E-state index is 0.208. The quantitative estimate of drug-likeness (QED) is 0.226. The fourth-order valence-corrected chi connectivity index (χ4v) is 5.84. The first kappa shape index (κ1) is 27.6. The summed E-state index contributed by atoms with van der Waals surface area (Å²) in [6.07, 6.45) is 0.710. The molecule has 5 aromatic rings. The lowest BCUT2D eigenvalue weighted by Crippen LogP contribution is -2.41. The smallest absolute Gasteiger partial charge is 0.332 e. The Kier molecular flexibility index (Phi) is 7.86. The summed E-state index contributed by atoms with van der Waals surface area (Å²) in [5.41, 5.74) is 2.32. The van der Waals surface area contributed by atoms with Crippen LogP contribution >= 0.6 is 11.3 Å². The minimum Gasteiger partial charge on any atom is -0.497 e. The van der Waals surface area contributed by atoms with Gasteiger partial charge in [0.25, 0.3) is 5.56 Å². The van der Waals surface area contributed by atoms with Crippen LogP contribution in [0.1, 0.15) is 33.3 Å². The maximum atomic E-state index is 13.8. The molecule has 0 aliphatic carbocycles. The van der Waals surface area contributed by atoms with Crippen molar-refractivity contribution in [3.05, 3.63) is 115 Å². The van der Waals surface area contributed by atoms with Gasteiger partial charge in [0.05, 0.1) is 49.9 Å². The molecule has 206 valence electrons. The summed E-state index contributed by atoms with van der Waals surface area (Å²) in [6.45, 7) is 1.76. The van der Waals surface area contributed by atoms with E-state index in [0.29, 0.717) is 33.7 Å². The number of carbonyl (C=O) groups excluding carboxylic acids is 1. The lowest BCUT2D eigenvalue weighted by atomic mass is 9.99. The Labute approximate surface area is 240 Å². The van der Waals surface area contributed by atoms with Gasteiger partial charge in [-0.3, -0.25) is 18.7 Å². The molecule has 3 aromatic carbocycles. The maximum Gasteiger partial charge on any atom is 0.332 e. The van der Waals surface area contributed by atoms with Gasteiger partial charge in [0.15, 0.2) is 5.78 Å². The van der Waals surface area contributed by atoms with Crippen LogP contribution in [0.5, 0.6) is 11.5 Å². The highest BCUT2D eigenvalue weighted by atomic mass is 32.1. The van der Waals surface area contributed by atoms with Gasteiger partial charge in [0.1, 0.15) is 16.3 Å². The Hall–Kier alpha value is -4.94. The first-order chi connectivity index (χ1) is 19.9.